The van der Waals surface area contributed by atoms with Crippen LogP contribution < -0.4 is 0 Å². The second-order valence-electron chi connectivity index (χ2n) is 5.68. The molecule has 7 heteroatoms. The van der Waals surface area contributed by atoms with Gasteiger partial charge in [0, 0.05) is 18.1 Å². The number of rotatable bonds is 3. The van der Waals surface area contributed by atoms with Crippen LogP contribution in [-0.2, 0) is 4.74 Å². The minimum absolute atomic E-state index is 0.0337. The lowest BCUT2D eigenvalue weighted by Gasteiger charge is -2.26. The van der Waals surface area contributed by atoms with Crippen molar-refractivity contribution in [1.29, 1.82) is 0 Å². The molecule has 1 aliphatic heterocycles. The van der Waals surface area contributed by atoms with E-state index in [2.05, 4.69) is 5.10 Å². The Balaban J connectivity index is 1.77. The van der Waals surface area contributed by atoms with E-state index < -0.39 is 0 Å². The fourth-order valence-corrected chi connectivity index (χ4v) is 3.59. The van der Waals surface area contributed by atoms with Gasteiger partial charge in [0.25, 0.3) is 5.91 Å². The van der Waals surface area contributed by atoms with Gasteiger partial charge in [0.15, 0.2) is 0 Å². The van der Waals surface area contributed by atoms with E-state index in [4.69, 9.17) is 16.3 Å². The molecule has 0 bridgehead atoms. The van der Waals surface area contributed by atoms with E-state index >= 15 is 0 Å². The van der Waals surface area contributed by atoms with Crippen LogP contribution in [0.3, 0.4) is 0 Å². The molecule has 4 rings (SSSR count). The van der Waals surface area contributed by atoms with E-state index in [9.17, 15) is 4.79 Å². The quantitative estimate of drug-likeness (QED) is 0.702. The number of nitrogens with zero attached hydrogens (tertiary/aromatic N) is 3. The highest BCUT2D eigenvalue weighted by molar-refractivity contribution is 7.13. The number of hydrogen-bond acceptors (Lipinski definition) is 4. The topological polar surface area (TPSA) is 47.4 Å². The summed E-state index contributed by atoms with van der Waals surface area (Å²) < 4.78 is 7.05. The Morgan fingerprint density at radius 3 is 2.60 bits per heavy atom. The van der Waals surface area contributed by atoms with Crippen molar-refractivity contribution in [3.05, 3.63) is 58.6 Å². The van der Waals surface area contributed by atoms with Crippen LogP contribution in [0.4, 0.5) is 0 Å². The second kappa shape index (κ2) is 7.00. The average molecular weight is 374 g/mol. The lowest BCUT2D eigenvalue weighted by Crippen LogP contribution is -2.41. The molecule has 5 nitrogen and oxygen atoms in total. The number of halogens is 1. The molecule has 3 aromatic rings. The molecule has 0 saturated carbocycles. The Bertz CT molecular complexity index is 868. The number of hydrogen-bond donors (Lipinski definition) is 0. The molecule has 0 atom stereocenters. The van der Waals surface area contributed by atoms with Crippen molar-refractivity contribution in [3.63, 3.8) is 0 Å². The lowest BCUT2D eigenvalue weighted by molar-refractivity contribution is 0.0297. The molecule has 25 heavy (non-hydrogen) atoms. The number of carbonyl (C=O) groups is 1. The van der Waals surface area contributed by atoms with E-state index in [1.807, 2.05) is 40.6 Å². The standard InChI is InChI=1S/C18H16ClN3O2S/c19-13-3-5-14(6-4-13)22-16(18(23)21-7-9-24-10-8-21)12-15(20-22)17-2-1-11-25-17/h1-6,11-12H,7-10H2. The summed E-state index contributed by atoms with van der Waals surface area (Å²) in [7, 11) is 0. The van der Waals surface area contributed by atoms with Gasteiger partial charge >= 0.3 is 0 Å². The summed E-state index contributed by atoms with van der Waals surface area (Å²) in [6, 6.07) is 13.2. The molecule has 0 aliphatic carbocycles. The van der Waals surface area contributed by atoms with Gasteiger partial charge in [-0.3, -0.25) is 4.79 Å². The van der Waals surface area contributed by atoms with Gasteiger partial charge in [0.1, 0.15) is 11.4 Å². The smallest absolute Gasteiger partial charge is 0.272 e. The highest BCUT2D eigenvalue weighted by Gasteiger charge is 2.24. The van der Waals surface area contributed by atoms with Crippen LogP contribution in [0.5, 0.6) is 0 Å². The molecule has 1 aliphatic rings. The maximum absolute atomic E-state index is 13.0. The van der Waals surface area contributed by atoms with Gasteiger partial charge in [-0.25, -0.2) is 4.68 Å². The van der Waals surface area contributed by atoms with E-state index in [-0.39, 0.29) is 5.91 Å². The Hall–Kier alpha value is -2.15. The summed E-state index contributed by atoms with van der Waals surface area (Å²) in [5.74, 6) is -0.0337. The molecule has 3 heterocycles. The van der Waals surface area contributed by atoms with Gasteiger partial charge in [0.05, 0.1) is 23.8 Å². The third kappa shape index (κ3) is 3.33. The highest BCUT2D eigenvalue weighted by Crippen LogP contribution is 2.27. The first kappa shape index (κ1) is 16.3. The number of carbonyl (C=O) groups excluding carboxylic acids is 1. The number of ether oxygens (including phenoxy) is 1. The maximum Gasteiger partial charge on any atom is 0.272 e. The first-order valence-corrected chi connectivity index (χ1v) is 9.25. The molecule has 128 valence electrons. The number of amides is 1. The van der Waals surface area contributed by atoms with Crippen LogP contribution in [0.2, 0.25) is 5.02 Å². The number of morpholine rings is 1. The first-order chi connectivity index (χ1) is 12.2. The predicted molar refractivity (Wildman–Crippen MR) is 98.6 cm³/mol. The van der Waals surface area contributed by atoms with Crippen LogP contribution in [0.25, 0.3) is 16.3 Å². The molecule has 1 amide bonds. The second-order valence-corrected chi connectivity index (χ2v) is 7.07. The summed E-state index contributed by atoms with van der Waals surface area (Å²) in [4.78, 5) is 15.9. The van der Waals surface area contributed by atoms with Crippen molar-refractivity contribution in [2.45, 2.75) is 0 Å². The highest BCUT2D eigenvalue weighted by atomic mass is 35.5. The molecule has 1 saturated heterocycles. The SMILES string of the molecule is O=C(c1cc(-c2cccs2)nn1-c1ccc(Cl)cc1)N1CCOCC1. The summed E-state index contributed by atoms with van der Waals surface area (Å²) in [6.07, 6.45) is 0. The van der Waals surface area contributed by atoms with Gasteiger partial charge in [-0.15, -0.1) is 11.3 Å². The zero-order valence-electron chi connectivity index (χ0n) is 13.4. The lowest BCUT2D eigenvalue weighted by atomic mass is 10.2. The number of aromatic nitrogens is 2. The minimum atomic E-state index is -0.0337. The molecule has 0 radical (unpaired) electrons. The van der Waals surface area contributed by atoms with Crippen molar-refractivity contribution < 1.29 is 9.53 Å². The largest absolute Gasteiger partial charge is 0.378 e. The van der Waals surface area contributed by atoms with Crippen molar-refractivity contribution >= 4 is 28.8 Å². The molecule has 0 N–H and O–H groups in total. The van der Waals surface area contributed by atoms with Gasteiger partial charge in [0.2, 0.25) is 0 Å². The predicted octanol–water partition coefficient (Wildman–Crippen LogP) is 3.73. The van der Waals surface area contributed by atoms with Gasteiger partial charge in [-0.2, -0.15) is 5.10 Å². The average Bonchev–Trinajstić information content (AvgIpc) is 3.32. The summed E-state index contributed by atoms with van der Waals surface area (Å²) >= 11 is 7.59. The Labute approximate surface area is 154 Å². The van der Waals surface area contributed by atoms with Crippen molar-refractivity contribution in [2.75, 3.05) is 26.3 Å². The fraction of sp³-hybridized carbons (Fsp3) is 0.222. The van der Waals surface area contributed by atoms with E-state index in [0.29, 0.717) is 37.0 Å². The maximum atomic E-state index is 13.0. The minimum Gasteiger partial charge on any atom is -0.378 e. The Morgan fingerprint density at radius 1 is 1.16 bits per heavy atom. The van der Waals surface area contributed by atoms with Crippen LogP contribution in [0, 0.1) is 0 Å². The molecule has 2 aromatic heterocycles. The van der Waals surface area contributed by atoms with Crippen molar-refractivity contribution in [3.8, 4) is 16.3 Å². The third-order valence-corrected chi connectivity index (χ3v) is 5.22. The fourth-order valence-electron chi connectivity index (χ4n) is 2.79. The molecule has 1 fully saturated rings. The molecule has 1 aromatic carbocycles. The normalized spacial score (nSPS) is 14.7. The van der Waals surface area contributed by atoms with Crippen molar-refractivity contribution in [2.24, 2.45) is 0 Å². The van der Waals surface area contributed by atoms with Crippen LogP contribution in [-0.4, -0.2) is 46.9 Å². The summed E-state index contributed by atoms with van der Waals surface area (Å²) in [5, 5.41) is 7.32. The molecule has 0 unspecified atom stereocenters. The summed E-state index contributed by atoms with van der Waals surface area (Å²) in [6.45, 7) is 2.33. The Kier molecular flexibility index (Phi) is 4.57. The molecular weight excluding hydrogens is 358 g/mol. The van der Waals surface area contributed by atoms with E-state index in [0.717, 1.165) is 16.3 Å². The zero-order valence-corrected chi connectivity index (χ0v) is 15.0. The molecular formula is C18H16ClN3O2S. The third-order valence-electron chi connectivity index (χ3n) is 4.07. The Morgan fingerprint density at radius 2 is 1.92 bits per heavy atom. The monoisotopic (exact) mass is 373 g/mol. The summed E-state index contributed by atoms with van der Waals surface area (Å²) in [5.41, 5.74) is 2.15. The van der Waals surface area contributed by atoms with E-state index in [1.54, 1.807) is 28.2 Å². The van der Waals surface area contributed by atoms with E-state index in [1.165, 1.54) is 0 Å². The van der Waals surface area contributed by atoms with Crippen LogP contribution >= 0.6 is 22.9 Å². The van der Waals surface area contributed by atoms with Gasteiger partial charge in [-0.1, -0.05) is 17.7 Å². The van der Waals surface area contributed by atoms with Crippen molar-refractivity contribution in [1.82, 2.24) is 14.7 Å². The number of benzene rings is 1. The zero-order chi connectivity index (χ0) is 17.2. The van der Waals surface area contributed by atoms with Crippen LogP contribution in [0.15, 0.2) is 47.8 Å². The molecule has 0 spiro atoms. The first-order valence-electron chi connectivity index (χ1n) is 7.99. The van der Waals surface area contributed by atoms with Crippen LogP contribution in [0.1, 0.15) is 10.5 Å². The van der Waals surface area contributed by atoms with Gasteiger partial charge < -0.3 is 9.64 Å². The van der Waals surface area contributed by atoms with Gasteiger partial charge in [-0.05, 0) is 41.8 Å². The number of thiophene rings is 1.